The second-order valence-electron chi connectivity index (χ2n) is 5.78. The molecule has 3 aromatic rings. The molecule has 0 bridgehead atoms. The van der Waals surface area contributed by atoms with Crippen molar-refractivity contribution in [1.29, 1.82) is 0 Å². The van der Waals surface area contributed by atoms with Crippen LogP contribution in [0.25, 0.3) is 11.4 Å². The topological polar surface area (TPSA) is 83.7 Å². The summed E-state index contributed by atoms with van der Waals surface area (Å²) in [6.07, 6.45) is 2.14. The number of H-pyrrole nitrogens is 1. The molecule has 1 aliphatic heterocycles. The molecule has 7 heteroatoms. The lowest BCUT2D eigenvalue weighted by Crippen LogP contribution is -2.32. The molecular formula is C16H18N6S. The quantitative estimate of drug-likeness (QED) is 0.773. The summed E-state index contributed by atoms with van der Waals surface area (Å²) in [7, 11) is 0. The first-order chi connectivity index (χ1) is 11.3. The highest BCUT2D eigenvalue weighted by atomic mass is 32.1. The van der Waals surface area contributed by atoms with Crippen molar-refractivity contribution in [3.05, 3.63) is 42.1 Å². The van der Waals surface area contributed by atoms with Crippen molar-refractivity contribution in [3.8, 4) is 11.4 Å². The fourth-order valence-corrected chi connectivity index (χ4v) is 3.73. The molecule has 1 aliphatic rings. The summed E-state index contributed by atoms with van der Waals surface area (Å²) in [5.41, 5.74) is 7.90. The first-order valence-electron chi connectivity index (χ1n) is 7.74. The molecule has 3 heterocycles. The number of aromatic amines is 1. The summed E-state index contributed by atoms with van der Waals surface area (Å²) in [6, 6.07) is 12.1. The van der Waals surface area contributed by atoms with Crippen LogP contribution in [-0.2, 0) is 0 Å². The summed E-state index contributed by atoms with van der Waals surface area (Å²) in [5.74, 6) is 1.88. The van der Waals surface area contributed by atoms with E-state index in [2.05, 4.69) is 19.5 Å². The van der Waals surface area contributed by atoms with Gasteiger partial charge in [-0.15, -0.1) is 0 Å². The summed E-state index contributed by atoms with van der Waals surface area (Å²) in [6.45, 7) is 1.96. The minimum atomic E-state index is 0.498. The molecule has 1 aromatic carbocycles. The number of benzene rings is 1. The van der Waals surface area contributed by atoms with Gasteiger partial charge in [0.2, 0.25) is 5.13 Å². The van der Waals surface area contributed by atoms with E-state index in [0.717, 1.165) is 48.1 Å². The normalized spacial score (nSPS) is 15.9. The predicted molar refractivity (Wildman–Crippen MR) is 92.5 cm³/mol. The van der Waals surface area contributed by atoms with Gasteiger partial charge in [0.25, 0.3) is 0 Å². The maximum absolute atomic E-state index is 5.69. The molecule has 0 radical (unpaired) electrons. The number of anilines is 2. The fraction of sp³-hybridized carbons (Fsp3) is 0.312. The van der Waals surface area contributed by atoms with Gasteiger partial charge in [0.05, 0.1) is 0 Å². The summed E-state index contributed by atoms with van der Waals surface area (Å²) in [4.78, 5) is 7.02. The van der Waals surface area contributed by atoms with Crippen molar-refractivity contribution in [3.63, 3.8) is 0 Å². The molecule has 118 valence electrons. The third kappa shape index (κ3) is 2.92. The number of hydrogen-bond acceptors (Lipinski definition) is 6. The lowest BCUT2D eigenvalue weighted by atomic mass is 9.94. The van der Waals surface area contributed by atoms with Gasteiger partial charge >= 0.3 is 0 Å². The van der Waals surface area contributed by atoms with Gasteiger partial charge in [0, 0.05) is 47.9 Å². The zero-order chi connectivity index (χ0) is 15.6. The zero-order valence-corrected chi connectivity index (χ0v) is 13.5. The molecule has 0 saturated carbocycles. The SMILES string of the molecule is Nc1cc(C2CCN(c3nc(-c4ccccc4)ns3)CC2)[nH]n1. The molecule has 2 aromatic heterocycles. The van der Waals surface area contributed by atoms with E-state index in [4.69, 9.17) is 10.7 Å². The number of nitrogens with zero attached hydrogens (tertiary/aromatic N) is 4. The summed E-state index contributed by atoms with van der Waals surface area (Å²) >= 11 is 1.48. The van der Waals surface area contributed by atoms with Gasteiger partial charge in [-0.25, -0.2) is 0 Å². The molecule has 0 aliphatic carbocycles. The molecule has 0 spiro atoms. The van der Waals surface area contributed by atoms with Crippen molar-refractivity contribution in [2.45, 2.75) is 18.8 Å². The number of nitrogens with two attached hydrogens (primary N) is 1. The number of nitrogens with one attached hydrogen (secondary N) is 1. The van der Waals surface area contributed by atoms with Gasteiger partial charge < -0.3 is 10.6 Å². The average Bonchev–Trinajstić information content (AvgIpc) is 3.25. The largest absolute Gasteiger partial charge is 0.382 e. The Kier molecular flexibility index (Phi) is 3.70. The molecule has 3 N–H and O–H groups in total. The van der Waals surface area contributed by atoms with Gasteiger partial charge in [0.1, 0.15) is 5.82 Å². The molecular weight excluding hydrogens is 308 g/mol. The first kappa shape index (κ1) is 14.2. The molecule has 1 fully saturated rings. The van der Waals surface area contributed by atoms with Crippen molar-refractivity contribution in [2.24, 2.45) is 0 Å². The fourth-order valence-electron chi connectivity index (χ4n) is 2.99. The van der Waals surface area contributed by atoms with Crippen LogP contribution in [0.2, 0.25) is 0 Å². The van der Waals surface area contributed by atoms with Gasteiger partial charge in [-0.2, -0.15) is 14.5 Å². The third-order valence-electron chi connectivity index (χ3n) is 4.27. The Morgan fingerprint density at radius 2 is 1.96 bits per heavy atom. The highest BCUT2D eigenvalue weighted by molar-refractivity contribution is 7.09. The molecule has 4 rings (SSSR count). The lowest BCUT2D eigenvalue weighted by Gasteiger charge is -2.30. The van der Waals surface area contributed by atoms with E-state index >= 15 is 0 Å². The van der Waals surface area contributed by atoms with E-state index in [1.807, 2.05) is 36.4 Å². The van der Waals surface area contributed by atoms with E-state index in [0.29, 0.717) is 11.7 Å². The van der Waals surface area contributed by atoms with Crippen molar-refractivity contribution in [1.82, 2.24) is 19.6 Å². The van der Waals surface area contributed by atoms with Crippen LogP contribution in [0.5, 0.6) is 0 Å². The Hall–Kier alpha value is -2.41. The Bertz CT molecular complexity index is 773. The number of nitrogen functional groups attached to an aromatic ring is 1. The van der Waals surface area contributed by atoms with E-state index < -0.39 is 0 Å². The predicted octanol–water partition coefficient (Wildman–Crippen LogP) is 2.89. The molecule has 6 nitrogen and oxygen atoms in total. The smallest absolute Gasteiger partial charge is 0.205 e. The average molecular weight is 326 g/mol. The van der Waals surface area contributed by atoms with Crippen LogP contribution < -0.4 is 10.6 Å². The highest BCUT2D eigenvalue weighted by Crippen LogP contribution is 2.31. The van der Waals surface area contributed by atoms with Gasteiger partial charge in [-0.05, 0) is 12.8 Å². The second-order valence-corrected chi connectivity index (χ2v) is 6.51. The summed E-state index contributed by atoms with van der Waals surface area (Å²) in [5, 5.41) is 8.07. The van der Waals surface area contributed by atoms with Crippen LogP contribution in [0.15, 0.2) is 36.4 Å². The van der Waals surface area contributed by atoms with E-state index in [9.17, 15) is 0 Å². The Morgan fingerprint density at radius 1 is 1.17 bits per heavy atom. The van der Waals surface area contributed by atoms with Crippen LogP contribution in [-0.4, -0.2) is 32.6 Å². The van der Waals surface area contributed by atoms with Crippen molar-refractivity contribution < 1.29 is 0 Å². The Labute approximate surface area is 138 Å². The van der Waals surface area contributed by atoms with Crippen LogP contribution in [0, 0.1) is 0 Å². The molecule has 0 atom stereocenters. The lowest BCUT2D eigenvalue weighted by molar-refractivity contribution is 0.495. The summed E-state index contributed by atoms with van der Waals surface area (Å²) < 4.78 is 4.50. The van der Waals surface area contributed by atoms with Gasteiger partial charge in [-0.3, -0.25) is 5.10 Å². The maximum Gasteiger partial charge on any atom is 0.205 e. The Morgan fingerprint density at radius 3 is 2.65 bits per heavy atom. The molecule has 0 amide bonds. The highest BCUT2D eigenvalue weighted by Gasteiger charge is 2.24. The standard InChI is InChI=1S/C16H18N6S/c17-14-10-13(19-20-14)11-6-8-22(9-7-11)16-18-15(21-23-16)12-4-2-1-3-5-12/h1-5,10-11H,6-9H2,(H3,17,19,20). The van der Waals surface area contributed by atoms with Crippen LogP contribution in [0.1, 0.15) is 24.5 Å². The van der Waals surface area contributed by atoms with Gasteiger partial charge in [-0.1, -0.05) is 30.3 Å². The zero-order valence-electron chi connectivity index (χ0n) is 12.6. The number of aromatic nitrogens is 4. The number of piperidine rings is 1. The first-order valence-corrected chi connectivity index (χ1v) is 8.52. The third-order valence-corrected chi connectivity index (χ3v) is 5.05. The van der Waals surface area contributed by atoms with E-state index in [-0.39, 0.29) is 0 Å². The van der Waals surface area contributed by atoms with Crippen molar-refractivity contribution >= 4 is 22.5 Å². The molecule has 23 heavy (non-hydrogen) atoms. The van der Waals surface area contributed by atoms with Crippen molar-refractivity contribution in [2.75, 3.05) is 23.7 Å². The Balaban J connectivity index is 1.44. The maximum atomic E-state index is 5.69. The second kappa shape index (κ2) is 6.00. The van der Waals surface area contributed by atoms with Gasteiger partial charge in [0.15, 0.2) is 5.82 Å². The van der Waals surface area contributed by atoms with Crippen LogP contribution in [0.4, 0.5) is 10.9 Å². The number of rotatable bonds is 3. The van der Waals surface area contributed by atoms with Crippen LogP contribution in [0.3, 0.4) is 0 Å². The monoisotopic (exact) mass is 326 g/mol. The van der Waals surface area contributed by atoms with E-state index in [1.54, 1.807) is 0 Å². The van der Waals surface area contributed by atoms with E-state index in [1.165, 1.54) is 11.5 Å². The molecule has 0 unspecified atom stereocenters. The minimum Gasteiger partial charge on any atom is -0.382 e. The molecule has 1 saturated heterocycles. The number of hydrogen-bond donors (Lipinski definition) is 2. The minimum absolute atomic E-state index is 0.498. The van der Waals surface area contributed by atoms with Crippen LogP contribution >= 0.6 is 11.5 Å².